The summed E-state index contributed by atoms with van der Waals surface area (Å²) < 4.78 is 0. The van der Waals surface area contributed by atoms with Gasteiger partial charge in [0, 0.05) is 11.4 Å². The number of aldehydes is 2. The minimum atomic E-state index is -0.0842. The zero-order valence-electron chi connectivity index (χ0n) is 16.1. The molecule has 2 aliphatic carbocycles. The van der Waals surface area contributed by atoms with Crippen molar-refractivity contribution < 1.29 is 9.59 Å². The topological polar surface area (TPSA) is 65.7 Å². The Bertz CT molecular complexity index is 1070. The van der Waals surface area contributed by atoms with Crippen molar-refractivity contribution in [1.82, 2.24) is 9.97 Å². The maximum atomic E-state index is 11.8. The predicted molar refractivity (Wildman–Crippen MR) is 113 cm³/mol. The van der Waals surface area contributed by atoms with E-state index in [1.165, 1.54) is 11.1 Å². The molecule has 2 N–H and O–H groups in total. The number of rotatable bonds is 5. The van der Waals surface area contributed by atoms with E-state index >= 15 is 0 Å². The highest BCUT2D eigenvalue weighted by atomic mass is 16.1. The second-order valence-corrected chi connectivity index (χ2v) is 7.66. The summed E-state index contributed by atoms with van der Waals surface area (Å²) in [6.45, 7) is 0. The van der Waals surface area contributed by atoms with Crippen LogP contribution in [0.5, 0.6) is 0 Å². The molecular formula is C25H22N2O2. The van der Waals surface area contributed by atoms with Crippen LogP contribution in [0.25, 0.3) is 0 Å². The lowest BCUT2D eigenvalue weighted by atomic mass is 9.84. The minimum Gasteiger partial charge on any atom is -0.355 e. The number of aromatic amines is 2. The summed E-state index contributed by atoms with van der Waals surface area (Å²) in [5.74, 6) is -0.0842. The second kappa shape index (κ2) is 7.21. The lowest BCUT2D eigenvalue weighted by Crippen LogP contribution is -2.11. The number of benzene rings is 1. The predicted octanol–water partition coefficient (Wildman–Crippen LogP) is 4.46. The van der Waals surface area contributed by atoms with Crippen LogP contribution < -0.4 is 0 Å². The monoisotopic (exact) mass is 382 g/mol. The van der Waals surface area contributed by atoms with Crippen molar-refractivity contribution in [1.29, 1.82) is 0 Å². The van der Waals surface area contributed by atoms with E-state index in [2.05, 4.69) is 46.4 Å². The Labute approximate surface area is 169 Å². The first-order valence-corrected chi connectivity index (χ1v) is 10.0. The molecule has 0 atom stereocenters. The van der Waals surface area contributed by atoms with Crippen LogP contribution in [0.4, 0.5) is 0 Å². The van der Waals surface area contributed by atoms with Gasteiger partial charge in [-0.1, -0.05) is 54.6 Å². The van der Waals surface area contributed by atoms with Gasteiger partial charge >= 0.3 is 0 Å². The molecule has 2 aromatic heterocycles. The first-order chi connectivity index (χ1) is 14.3. The number of hydrogen-bond donors (Lipinski definition) is 2. The summed E-state index contributed by atoms with van der Waals surface area (Å²) in [6, 6.07) is 10.3. The molecule has 0 saturated heterocycles. The zero-order valence-corrected chi connectivity index (χ0v) is 16.1. The molecule has 0 fully saturated rings. The first kappa shape index (κ1) is 17.7. The molecule has 5 rings (SSSR count). The standard InChI is InChI=1S/C25H22N2O2/c28-14-21-17-10-4-6-12-19(17)24(26-21)23(16-8-2-1-3-9-16)25-20-13-7-5-11-18(20)22(15-29)27-25/h1-9,14-15,23,26-27H,10-13H2. The van der Waals surface area contributed by atoms with Gasteiger partial charge in [-0.2, -0.15) is 0 Å². The van der Waals surface area contributed by atoms with E-state index in [-0.39, 0.29) is 5.92 Å². The van der Waals surface area contributed by atoms with Crippen LogP contribution in [0.2, 0.25) is 0 Å². The molecule has 29 heavy (non-hydrogen) atoms. The third kappa shape index (κ3) is 2.83. The van der Waals surface area contributed by atoms with E-state index in [0.29, 0.717) is 11.4 Å². The SMILES string of the molecule is O=Cc1[nH]c(C(c2ccccc2)c2[nH]c(C=O)c3c2CC=CC3)c2c1CC=CC2. The molecule has 2 aliphatic rings. The van der Waals surface area contributed by atoms with Gasteiger partial charge in [0.05, 0.1) is 17.3 Å². The number of hydrogen-bond acceptors (Lipinski definition) is 2. The molecule has 1 aromatic carbocycles. The van der Waals surface area contributed by atoms with Gasteiger partial charge in [0.2, 0.25) is 0 Å². The van der Waals surface area contributed by atoms with Gasteiger partial charge in [-0.25, -0.2) is 0 Å². The molecule has 0 aliphatic heterocycles. The Morgan fingerprint density at radius 3 is 1.55 bits per heavy atom. The molecule has 0 saturated carbocycles. The number of H-pyrrole nitrogens is 2. The molecule has 0 unspecified atom stereocenters. The molecule has 0 spiro atoms. The van der Waals surface area contributed by atoms with Crippen LogP contribution in [-0.4, -0.2) is 22.5 Å². The molecule has 0 amide bonds. The number of nitrogens with one attached hydrogen (secondary N) is 2. The van der Waals surface area contributed by atoms with Crippen LogP contribution in [-0.2, 0) is 25.7 Å². The summed E-state index contributed by atoms with van der Waals surface area (Å²) in [5, 5.41) is 0. The van der Waals surface area contributed by atoms with E-state index in [0.717, 1.165) is 66.3 Å². The van der Waals surface area contributed by atoms with Crippen molar-refractivity contribution in [2.75, 3.05) is 0 Å². The Morgan fingerprint density at radius 2 is 1.10 bits per heavy atom. The summed E-state index contributed by atoms with van der Waals surface area (Å²) >= 11 is 0. The fourth-order valence-electron chi connectivity index (χ4n) is 4.80. The van der Waals surface area contributed by atoms with E-state index in [4.69, 9.17) is 0 Å². The second-order valence-electron chi connectivity index (χ2n) is 7.66. The third-order valence-electron chi connectivity index (χ3n) is 6.13. The Morgan fingerprint density at radius 1 is 0.655 bits per heavy atom. The van der Waals surface area contributed by atoms with Crippen LogP contribution in [0.1, 0.15) is 66.1 Å². The van der Waals surface area contributed by atoms with Gasteiger partial charge in [-0.3, -0.25) is 9.59 Å². The number of allylic oxidation sites excluding steroid dienone is 4. The largest absolute Gasteiger partial charge is 0.355 e. The van der Waals surface area contributed by atoms with Gasteiger partial charge in [0.1, 0.15) is 0 Å². The van der Waals surface area contributed by atoms with Gasteiger partial charge < -0.3 is 9.97 Å². The molecular weight excluding hydrogens is 360 g/mol. The highest BCUT2D eigenvalue weighted by molar-refractivity contribution is 5.78. The fraction of sp³-hybridized carbons (Fsp3) is 0.200. The number of carbonyl (C=O) groups is 2. The fourth-order valence-corrected chi connectivity index (χ4v) is 4.80. The smallest absolute Gasteiger partial charge is 0.166 e. The number of aromatic nitrogens is 2. The van der Waals surface area contributed by atoms with Crippen LogP contribution in [0.3, 0.4) is 0 Å². The highest BCUT2D eigenvalue weighted by Crippen LogP contribution is 2.40. The molecule has 144 valence electrons. The third-order valence-corrected chi connectivity index (χ3v) is 6.13. The van der Waals surface area contributed by atoms with Crippen LogP contribution in [0, 0.1) is 0 Å². The molecule has 0 radical (unpaired) electrons. The maximum absolute atomic E-state index is 11.8. The Balaban J connectivity index is 1.76. The molecule has 2 heterocycles. The maximum Gasteiger partial charge on any atom is 0.166 e. The Hall–Kier alpha value is -3.40. The first-order valence-electron chi connectivity index (χ1n) is 10.0. The normalized spacial score (nSPS) is 14.7. The zero-order chi connectivity index (χ0) is 19.8. The van der Waals surface area contributed by atoms with Crippen molar-refractivity contribution in [2.24, 2.45) is 0 Å². The summed E-state index contributed by atoms with van der Waals surface area (Å²) in [5.41, 5.74) is 9.15. The van der Waals surface area contributed by atoms with Gasteiger partial charge in [0.25, 0.3) is 0 Å². The van der Waals surface area contributed by atoms with Crippen molar-refractivity contribution in [3.63, 3.8) is 0 Å². The van der Waals surface area contributed by atoms with Crippen molar-refractivity contribution in [3.05, 3.63) is 105 Å². The average molecular weight is 382 g/mol. The van der Waals surface area contributed by atoms with Crippen molar-refractivity contribution in [2.45, 2.75) is 31.6 Å². The van der Waals surface area contributed by atoms with E-state index in [1.54, 1.807) is 0 Å². The quantitative estimate of drug-likeness (QED) is 0.505. The lowest BCUT2D eigenvalue weighted by Gasteiger charge is -2.21. The summed E-state index contributed by atoms with van der Waals surface area (Å²) in [7, 11) is 0. The lowest BCUT2D eigenvalue weighted by molar-refractivity contribution is 0.111. The van der Waals surface area contributed by atoms with E-state index in [1.807, 2.05) is 18.2 Å². The summed E-state index contributed by atoms with van der Waals surface area (Å²) in [6.07, 6.45) is 13.6. The van der Waals surface area contributed by atoms with Gasteiger partial charge in [-0.05, 0) is 53.5 Å². The van der Waals surface area contributed by atoms with E-state index in [9.17, 15) is 9.59 Å². The van der Waals surface area contributed by atoms with Crippen molar-refractivity contribution in [3.8, 4) is 0 Å². The highest BCUT2D eigenvalue weighted by Gasteiger charge is 2.30. The molecule has 3 aromatic rings. The summed E-state index contributed by atoms with van der Waals surface area (Å²) in [4.78, 5) is 30.4. The van der Waals surface area contributed by atoms with E-state index < -0.39 is 0 Å². The number of carbonyl (C=O) groups excluding carboxylic acids is 2. The van der Waals surface area contributed by atoms with Gasteiger partial charge in [-0.15, -0.1) is 0 Å². The van der Waals surface area contributed by atoms with Crippen molar-refractivity contribution >= 4 is 12.6 Å². The number of fused-ring (bicyclic) bond motifs is 2. The Kier molecular flexibility index (Phi) is 4.39. The molecule has 0 bridgehead atoms. The van der Waals surface area contributed by atoms with Gasteiger partial charge in [0.15, 0.2) is 12.6 Å². The average Bonchev–Trinajstić information content (AvgIpc) is 3.34. The molecule has 4 heteroatoms. The van der Waals surface area contributed by atoms with Crippen LogP contribution in [0.15, 0.2) is 54.6 Å². The minimum absolute atomic E-state index is 0.0842. The molecule has 4 nitrogen and oxygen atoms in total. The van der Waals surface area contributed by atoms with Crippen LogP contribution >= 0.6 is 0 Å².